The van der Waals surface area contributed by atoms with Crippen LogP contribution in [0.25, 0.3) is 22.4 Å². The molecule has 9 nitrogen and oxygen atoms in total. The van der Waals surface area contributed by atoms with E-state index in [4.69, 9.17) is 0 Å². The van der Waals surface area contributed by atoms with Crippen LogP contribution in [0.4, 0.5) is 4.39 Å². The van der Waals surface area contributed by atoms with Crippen LogP contribution in [0.2, 0.25) is 0 Å². The largest absolute Gasteiger partial charge is 0.361 e. The van der Waals surface area contributed by atoms with Gasteiger partial charge in [-0.15, -0.1) is 5.10 Å². The molecule has 1 N–H and O–H groups in total. The van der Waals surface area contributed by atoms with Crippen molar-refractivity contribution < 1.29 is 4.39 Å². The lowest BCUT2D eigenvalue weighted by Crippen LogP contribution is -2.21. The second-order valence-corrected chi connectivity index (χ2v) is 5.29. The fraction of sp³-hybridized carbons (Fsp3) is 0. The van der Waals surface area contributed by atoms with Crippen LogP contribution >= 0.6 is 12.8 Å². The Bertz CT molecular complexity index is 1190. The summed E-state index contributed by atoms with van der Waals surface area (Å²) < 4.78 is 16.4. The first-order chi connectivity index (χ1) is 11.5. The number of aromatic amines is 1. The predicted octanol–water partition coefficient (Wildman–Crippen LogP) is 0.288. The highest BCUT2D eigenvalue weighted by Gasteiger charge is 2.11. The minimum Gasteiger partial charge on any atom is -0.259 e. The maximum Gasteiger partial charge on any atom is 0.361 e. The van der Waals surface area contributed by atoms with Gasteiger partial charge in [0.05, 0.1) is 30.0 Å². The maximum absolute atomic E-state index is 13.3. The van der Waals surface area contributed by atoms with Crippen molar-refractivity contribution in [3.8, 4) is 11.4 Å². The molecule has 0 saturated heterocycles. The standard InChI is InChI=1S/C13H8FN7O2S/c14-8-2-9(4-15-3-8)19-6-7-1-10(5-16-11(7)17-19)20-13(23)21(24)12(22)18-20/h1-6,24H,(H,18,22). The van der Waals surface area contributed by atoms with E-state index in [9.17, 15) is 14.0 Å². The average molecular weight is 345 g/mol. The third-order valence-corrected chi connectivity index (χ3v) is 3.68. The molecule has 0 fully saturated rings. The molecule has 4 aromatic heterocycles. The number of rotatable bonds is 2. The lowest BCUT2D eigenvalue weighted by Gasteiger charge is -1.98. The minimum atomic E-state index is -0.662. The molecule has 0 saturated carbocycles. The van der Waals surface area contributed by atoms with Gasteiger partial charge in [0.25, 0.3) is 0 Å². The van der Waals surface area contributed by atoms with E-state index in [0.29, 0.717) is 26.4 Å². The van der Waals surface area contributed by atoms with E-state index in [1.54, 1.807) is 12.3 Å². The molecule has 0 amide bonds. The van der Waals surface area contributed by atoms with Gasteiger partial charge in [-0.3, -0.25) is 4.98 Å². The molecular weight excluding hydrogens is 337 g/mol. The summed E-state index contributed by atoms with van der Waals surface area (Å²) >= 11 is 3.78. The molecule has 0 atom stereocenters. The zero-order valence-electron chi connectivity index (χ0n) is 11.8. The molecule has 11 heteroatoms. The first-order valence-electron chi connectivity index (χ1n) is 6.63. The van der Waals surface area contributed by atoms with Crippen LogP contribution in [0.3, 0.4) is 0 Å². The van der Waals surface area contributed by atoms with Gasteiger partial charge < -0.3 is 0 Å². The van der Waals surface area contributed by atoms with E-state index in [2.05, 4.69) is 33.0 Å². The number of halogens is 1. The monoisotopic (exact) mass is 345 g/mol. The Kier molecular flexibility index (Phi) is 3.09. The molecule has 120 valence electrons. The summed E-state index contributed by atoms with van der Waals surface area (Å²) in [7, 11) is 0. The molecule has 0 spiro atoms. The van der Waals surface area contributed by atoms with Gasteiger partial charge in [-0.1, -0.05) is 12.8 Å². The number of aromatic nitrogens is 7. The zero-order chi connectivity index (χ0) is 16.8. The summed E-state index contributed by atoms with van der Waals surface area (Å²) in [6.07, 6.45) is 5.55. The molecule has 4 heterocycles. The topological polar surface area (TPSA) is 103 Å². The van der Waals surface area contributed by atoms with Gasteiger partial charge in [-0.2, -0.15) is 8.65 Å². The van der Waals surface area contributed by atoms with Gasteiger partial charge in [0.15, 0.2) is 5.65 Å². The Balaban J connectivity index is 1.86. The first-order valence-corrected chi connectivity index (χ1v) is 7.03. The molecule has 0 aliphatic rings. The molecular formula is C13H8FN7O2S. The van der Waals surface area contributed by atoms with Crippen LogP contribution < -0.4 is 11.4 Å². The van der Waals surface area contributed by atoms with Crippen LogP contribution in [0, 0.1) is 5.82 Å². The van der Waals surface area contributed by atoms with E-state index in [1.807, 2.05) is 0 Å². The molecule has 0 bridgehead atoms. The van der Waals surface area contributed by atoms with Crippen molar-refractivity contribution in [2.75, 3.05) is 0 Å². The Morgan fingerprint density at radius 3 is 2.67 bits per heavy atom. The smallest absolute Gasteiger partial charge is 0.259 e. The molecule has 4 rings (SSSR count). The van der Waals surface area contributed by atoms with Crippen LogP contribution in [0.15, 0.2) is 46.5 Å². The number of nitrogens with one attached hydrogen (secondary N) is 1. The quantitative estimate of drug-likeness (QED) is 0.508. The fourth-order valence-corrected chi connectivity index (χ4v) is 2.37. The number of pyridine rings is 2. The predicted molar refractivity (Wildman–Crippen MR) is 85.2 cm³/mol. The van der Waals surface area contributed by atoms with Crippen molar-refractivity contribution in [3.05, 3.63) is 63.7 Å². The third-order valence-electron chi connectivity index (χ3n) is 3.33. The SMILES string of the molecule is O=c1[nH]n(-c2cnc3nn(-c4cncc(F)c4)cc3c2)c(=O)n1S. The molecule has 0 unspecified atom stereocenters. The molecule has 4 aromatic rings. The number of nitrogens with zero attached hydrogens (tertiary/aromatic N) is 6. The molecule has 24 heavy (non-hydrogen) atoms. The van der Waals surface area contributed by atoms with Crippen molar-refractivity contribution in [2.24, 2.45) is 0 Å². The van der Waals surface area contributed by atoms with Gasteiger partial charge in [-0.25, -0.2) is 28.7 Å². The van der Waals surface area contributed by atoms with Crippen molar-refractivity contribution >= 4 is 23.8 Å². The van der Waals surface area contributed by atoms with Gasteiger partial charge >= 0.3 is 11.4 Å². The second-order valence-electron chi connectivity index (χ2n) is 4.89. The number of H-pyrrole nitrogens is 1. The van der Waals surface area contributed by atoms with Crippen LogP contribution in [-0.4, -0.2) is 33.5 Å². The summed E-state index contributed by atoms with van der Waals surface area (Å²) in [6.45, 7) is 0. The van der Waals surface area contributed by atoms with Crippen LogP contribution in [0.1, 0.15) is 0 Å². The Morgan fingerprint density at radius 2 is 1.96 bits per heavy atom. The van der Waals surface area contributed by atoms with Crippen molar-refractivity contribution in [1.82, 2.24) is 33.5 Å². The maximum atomic E-state index is 13.3. The van der Waals surface area contributed by atoms with Gasteiger partial charge in [0, 0.05) is 17.6 Å². The summed E-state index contributed by atoms with van der Waals surface area (Å²) in [5, 5.41) is 7.17. The molecule has 0 aliphatic carbocycles. The Labute approximate surface area is 137 Å². The highest BCUT2D eigenvalue weighted by molar-refractivity contribution is 7.78. The highest BCUT2D eigenvalue weighted by atomic mass is 32.1. The zero-order valence-corrected chi connectivity index (χ0v) is 12.7. The van der Waals surface area contributed by atoms with E-state index >= 15 is 0 Å². The summed E-state index contributed by atoms with van der Waals surface area (Å²) in [6, 6.07) is 2.90. The number of thiol groups is 1. The number of hydrogen-bond acceptors (Lipinski definition) is 6. The van der Waals surface area contributed by atoms with Gasteiger partial charge in [-0.05, 0) is 6.07 Å². The Hall–Kier alpha value is -3.21. The molecule has 0 aromatic carbocycles. The van der Waals surface area contributed by atoms with Crippen LogP contribution in [0.5, 0.6) is 0 Å². The minimum absolute atomic E-state index is 0.342. The lowest BCUT2D eigenvalue weighted by atomic mass is 10.3. The van der Waals surface area contributed by atoms with Gasteiger partial charge in [0.2, 0.25) is 0 Å². The fourth-order valence-electron chi connectivity index (χ4n) is 2.23. The number of fused-ring (bicyclic) bond motifs is 1. The average Bonchev–Trinajstić information content (AvgIpc) is 3.11. The third kappa shape index (κ3) is 2.22. The van der Waals surface area contributed by atoms with E-state index in [0.717, 1.165) is 10.9 Å². The number of hydrogen-bond donors (Lipinski definition) is 2. The summed E-state index contributed by atoms with van der Waals surface area (Å²) in [5.74, 6) is -0.486. The van der Waals surface area contributed by atoms with Crippen molar-refractivity contribution in [2.45, 2.75) is 0 Å². The van der Waals surface area contributed by atoms with E-state index in [1.165, 1.54) is 23.1 Å². The normalized spacial score (nSPS) is 11.2. The van der Waals surface area contributed by atoms with Gasteiger partial charge in [0.1, 0.15) is 5.82 Å². The first kappa shape index (κ1) is 14.4. The van der Waals surface area contributed by atoms with E-state index < -0.39 is 17.2 Å². The highest BCUT2D eigenvalue weighted by Crippen LogP contribution is 2.16. The summed E-state index contributed by atoms with van der Waals surface area (Å²) in [4.78, 5) is 31.3. The van der Waals surface area contributed by atoms with Crippen LogP contribution in [-0.2, 0) is 0 Å². The van der Waals surface area contributed by atoms with Crippen molar-refractivity contribution in [1.29, 1.82) is 0 Å². The van der Waals surface area contributed by atoms with Crippen molar-refractivity contribution in [3.63, 3.8) is 0 Å². The Morgan fingerprint density at radius 1 is 1.12 bits per heavy atom. The second kappa shape index (κ2) is 5.16. The molecule has 0 radical (unpaired) electrons. The van der Waals surface area contributed by atoms with E-state index in [-0.39, 0.29) is 0 Å². The lowest BCUT2D eigenvalue weighted by molar-refractivity contribution is 0.618. The summed E-state index contributed by atoms with van der Waals surface area (Å²) in [5.41, 5.74) is -0.143. The molecule has 0 aliphatic heterocycles.